The largest absolute Gasteiger partial charge is 0.360 e. The van der Waals surface area contributed by atoms with Gasteiger partial charge in [-0.15, -0.1) is 0 Å². The minimum atomic E-state index is 1.03. The number of benzene rings is 2. The molecule has 0 saturated carbocycles. The van der Waals surface area contributed by atoms with Gasteiger partial charge in [0.2, 0.25) is 0 Å². The second-order valence-corrected chi connectivity index (χ2v) is 5.11. The van der Waals surface area contributed by atoms with Crippen molar-refractivity contribution in [1.29, 1.82) is 0 Å². The number of H-pyrrole nitrogens is 1. The van der Waals surface area contributed by atoms with Crippen LogP contribution in [0.3, 0.4) is 0 Å². The second kappa shape index (κ2) is 4.20. The highest BCUT2D eigenvalue weighted by Crippen LogP contribution is 2.31. The lowest BCUT2D eigenvalue weighted by atomic mass is 10.0. The molecule has 0 amide bonds. The number of nitrogens with one attached hydrogen (secondary N) is 1. The maximum atomic E-state index is 4.44. The number of aromatic amines is 1. The van der Waals surface area contributed by atoms with Gasteiger partial charge in [-0.2, -0.15) is 0 Å². The van der Waals surface area contributed by atoms with Crippen LogP contribution in [0.4, 0.5) is 0 Å². The van der Waals surface area contributed by atoms with Crippen molar-refractivity contribution in [2.45, 2.75) is 6.92 Å². The summed E-state index contributed by atoms with van der Waals surface area (Å²) >= 11 is 0. The Kier molecular flexibility index (Phi) is 2.36. The zero-order chi connectivity index (χ0) is 13.5. The molecular weight excluding hydrogens is 244 g/mol. The van der Waals surface area contributed by atoms with Crippen LogP contribution in [0, 0.1) is 6.92 Å². The lowest BCUT2D eigenvalue weighted by molar-refractivity contribution is 1.41. The number of pyridine rings is 1. The summed E-state index contributed by atoms with van der Waals surface area (Å²) in [7, 11) is 0. The van der Waals surface area contributed by atoms with Crippen LogP contribution in [-0.2, 0) is 0 Å². The molecule has 96 valence electrons. The summed E-state index contributed by atoms with van der Waals surface area (Å²) in [5, 5.41) is 2.44. The molecule has 2 heteroatoms. The normalized spacial score (nSPS) is 11.2. The van der Waals surface area contributed by atoms with Gasteiger partial charge in [0.15, 0.2) is 0 Å². The lowest BCUT2D eigenvalue weighted by Crippen LogP contribution is -1.80. The summed E-state index contributed by atoms with van der Waals surface area (Å²) in [4.78, 5) is 7.82. The highest BCUT2D eigenvalue weighted by Gasteiger charge is 2.08. The Balaban J connectivity index is 1.99. The van der Waals surface area contributed by atoms with Gasteiger partial charge in [-0.05, 0) is 30.2 Å². The standard InChI is InChI=1S/C18H14N2/c1-12-4-2-6-15-16(11-20-18(12)15)14-8-7-13-5-3-9-19-17(13)10-14/h2-11,20H,1H3. The van der Waals surface area contributed by atoms with Gasteiger partial charge in [0.25, 0.3) is 0 Å². The van der Waals surface area contributed by atoms with Crippen LogP contribution in [0.25, 0.3) is 32.9 Å². The Morgan fingerprint density at radius 3 is 2.90 bits per heavy atom. The van der Waals surface area contributed by atoms with Crippen molar-refractivity contribution in [2.24, 2.45) is 0 Å². The molecule has 1 N–H and O–H groups in total. The van der Waals surface area contributed by atoms with E-state index in [1.807, 2.05) is 12.3 Å². The van der Waals surface area contributed by atoms with Crippen LogP contribution < -0.4 is 0 Å². The molecule has 0 aliphatic heterocycles. The van der Waals surface area contributed by atoms with Crippen molar-refractivity contribution >= 4 is 21.8 Å². The molecule has 0 atom stereocenters. The van der Waals surface area contributed by atoms with E-state index in [4.69, 9.17) is 0 Å². The number of rotatable bonds is 1. The zero-order valence-corrected chi connectivity index (χ0v) is 11.2. The minimum Gasteiger partial charge on any atom is -0.360 e. The van der Waals surface area contributed by atoms with Gasteiger partial charge in [-0.1, -0.05) is 36.4 Å². The maximum Gasteiger partial charge on any atom is 0.0708 e. The Morgan fingerprint density at radius 1 is 1.00 bits per heavy atom. The molecule has 0 aliphatic carbocycles. The molecule has 0 radical (unpaired) electrons. The summed E-state index contributed by atoms with van der Waals surface area (Å²) in [5.41, 5.74) is 5.95. The molecule has 0 unspecified atom stereocenters. The molecule has 4 aromatic rings. The summed E-state index contributed by atoms with van der Waals surface area (Å²) in [6.07, 6.45) is 3.92. The van der Waals surface area contributed by atoms with E-state index in [1.54, 1.807) is 0 Å². The van der Waals surface area contributed by atoms with Gasteiger partial charge in [-0.25, -0.2) is 0 Å². The molecule has 0 saturated heterocycles. The van der Waals surface area contributed by atoms with Gasteiger partial charge in [0.1, 0.15) is 0 Å². The number of aromatic nitrogens is 2. The Bertz CT molecular complexity index is 919. The first-order chi connectivity index (χ1) is 9.83. The number of para-hydroxylation sites is 1. The summed E-state index contributed by atoms with van der Waals surface area (Å²) < 4.78 is 0. The fourth-order valence-electron chi connectivity index (χ4n) is 2.78. The molecule has 0 bridgehead atoms. The van der Waals surface area contributed by atoms with Crippen LogP contribution >= 0.6 is 0 Å². The SMILES string of the molecule is Cc1cccc2c(-c3ccc4cccnc4c3)c[nH]c12. The lowest BCUT2D eigenvalue weighted by Gasteiger charge is -2.03. The van der Waals surface area contributed by atoms with Crippen molar-refractivity contribution in [2.75, 3.05) is 0 Å². The van der Waals surface area contributed by atoms with Gasteiger partial charge in [0.05, 0.1) is 5.52 Å². The zero-order valence-electron chi connectivity index (χ0n) is 11.2. The summed E-state index contributed by atoms with van der Waals surface area (Å²) in [6, 6.07) is 16.9. The highest BCUT2D eigenvalue weighted by atomic mass is 14.7. The van der Waals surface area contributed by atoms with Gasteiger partial charge in [0, 0.05) is 34.2 Å². The van der Waals surface area contributed by atoms with Gasteiger partial charge >= 0.3 is 0 Å². The number of nitrogens with zero attached hydrogens (tertiary/aromatic N) is 1. The van der Waals surface area contributed by atoms with Gasteiger partial charge in [-0.3, -0.25) is 4.98 Å². The minimum absolute atomic E-state index is 1.03. The van der Waals surface area contributed by atoms with Crippen LogP contribution in [0.5, 0.6) is 0 Å². The van der Waals surface area contributed by atoms with Crippen LogP contribution in [-0.4, -0.2) is 9.97 Å². The molecule has 2 heterocycles. The molecule has 20 heavy (non-hydrogen) atoms. The molecule has 2 nitrogen and oxygen atoms in total. The van der Waals surface area contributed by atoms with Gasteiger partial charge < -0.3 is 4.98 Å². The monoisotopic (exact) mass is 258 g/mol. The molecule has 4 rings (SSSR count). The van der Waals surface area contributed by atoms with Crippen LogP contribution in [0.2, 0.25) is 0 Å². The first-order valence-corrected chi connectivity index (χ1v) is 6.75. The first-order valence-electron chi connectivity index (χ1n) is 6.75. The van der Waals surface area contributed by atoms with E-state index < -0.39 is 0 Å². The molecular formula is C18H14N2. The van der Waals surface area contributed by atoms with Crippen LogP contribution in [0.1, 0.15) is 5.56 Å². The third-order valence-electron chi connectivity index (χ3n) is 3.84. The highest BCUT2D eigenvalue weighted by molar-refractivity contribution is 5.98. The van der Waals surface area contributed by atoms with E-state index in [-0.39, 0.29) is 0 Å². The Labute approximate surface area is 117 Å². The number of hydrogen-bond acceptors (Lipinski definition) is 1. The summed E-state index contributed by atoms with van der Waals surface area (Å²) in [6.45, 7) is 2.13. The van der Waals surface area contributed by atoms with E-state index in [1.165, 1.54) is 33.0 Å². The Hall–Kier alpha value is -2.61. The maximum absolute atomic E-state index is 4.44. The number of fused-ring (bicyclic) bond motifs is 2. The molecule has 0 spiro atoms. The average molecular weight is 258 g/mol. The quantitative estimate of drug-likeness (QED) is 0.527. The molecule has 2 aromatic heterocycles. The fraction of sp³-hybridized carbons (Fsp3) is 0.0556. The third kappa shape index (κ3) is 1.62. The van der Waals surface area contributed by atoms with Crippen molar-refractivity contribution in [1.82, 2.24) is 9.97 Å². The summed E-state index contributed by atoms with van der Waals surface area (Å²) in [5.74, 6) is 0. The third-order valence-corrected chi connectivity index (χ3v) is 3.84. The smallest absolute Gasteiger partial charge is 0.0708 e. The molecule has 0 fully saturated rings. The van der Waals surface area contributed by atoms with Crippen molar-refractivity contribution < 1.29 is 0 Å². The van der Waals surface area contributed by atoms with Crippen molar-refractivity contribution in [3.05, 3.63) is 66.5 Å². The second-order valence-electron chi connectivity index (χ2n) is 5.11. The first kappa shape index (κ1) is 11.2. The average Bonchev–Trinajstić information content (AvgIpc) is 2.92. The predicted molar refractivity (Wildman–Crippen MR) is 83.8 cm³/mol. The predicted octanol–water partition coefficient (Wildman–Crippen LogP) is 4.69. The van der Waals surface area contributed by atoms with E-state index in [0.717, 1.165) is 5.52 Å². The number of aryl methyl sites for hydroxylation is 1. The van der Waals surface area contributed by atoms with Crippen LogP contribution in [0.15, 0.2) is 60.9 Å². The topological polar surface area (TPSA) is 28.7 Å². The molecule has 2 aromatic carbocycles. The van der Waals surface area contributed by atoms with E-state index >= 15 is 0 Å². The van der Waals surface area contributed by atoms with Crippen molar-refractivity contribution in [3.8, 4) is 11.1 Å². The number of hydrogen-bond donors (Lipinski definition) is 1. The van der Waals surface area contributed by atoms with Crippen molar-refractivity contribution in [3.63, 3.8) is 0 Å². The van der Waals surface area contributed by atoms with E-state index in [9.17, 15) is 0 Å². The molecule has 0 aliphatic rings. The van der Waals surface area contributed by atoms with E-state index in [2.05, 4.69) is 65.6 Å². The fourth-order valence-corrected chi connectivity index (χ4v) is 2.78. The Morgan fingerprint density at radius 2 is 1.95 bits per heavy atom. The van der Waals surface area contributed by atoms with E-state index in [0.29, 0.717) is 0 Å².